The van der Waals surface area contributed by atoms with E-state index in [1.807, 2.05) is 66.2 Å². The van der Waals surface area contributed by atoms with Gasteiger partial charge in [0.2, 0.25) is 0 Å². The van der Waals surface area contributed by atoms with Gasteiger partial charge in [-0.25, -0.2) is 0 Å². The van der Waals surface area contributed by atoms with Crippen LogP contribution in [0.2, 0.25) is 0 Å². The fourth-order valence-electron chi connectivity index (χ4n) is 1.82. The van der Waals surface area contributed by atoms with Crippen molar-refractivity contribution in [1.82, 2.24) is 14.8 Å². The molecule has 3 nitrogen and oxygen atoms in total. The number of nitrogens with zero attached hydrogens (tertiary/aromatic N) is 3. The fourth-order valence-corrected chi connectivity index (χ4v) is 2.45. The molecular formula is C18H13IrN3S-2. The molecule has 2 heterocycles. The molecule has 0 saturated carbocycles. The molecule has 0 aliphatic carbocycles. The minimum absolute atomic E-state index is 0. The van der Waals surface area contributed by atoms with Crippen LogP contribution in [0.15, 0.2) is 78.6 Å². The monoisotopic (exact) mass is 496 g/mol. The standard InChI is InChI=1S/C9H7N2.C9H6NS.Ir/c1-2-5-9(6-3-1)11-8-4-7-10-11;1-2-4-8(5-3-1)9-10-6-7-11-9;/h1-5,7-8H;1-4,6-7H;/q2*-1;. The number of para-hydroxylation sites is 1. The van der Waals surface area contributed by atoms with E-state index in [1.54, 1.807) is 28.4 Å². The molecule has 0 bridgehead atoms. The predicted octanol–water partition coefficient (Wildman–Crippen LogP) is 4.28. The summed E-state index contributed by atoms with van der Waals surface area (Å²) in [6.07, 6.45) is 5.45. The zero-order chi connectivity index (χ0) is 15.0. The van der Waals surface area contributed by atoms with Crippen LogP contribution in [0.1, 0.15) is 0 Å². The Kier molecular flexibility index (Phi) is 6.88. The molecule has 0 spiro atoms. The van der Waals surface area contributed by atoms with Gasteiger partial charge < -0.3 is 0 Å². The third kappa shape index (κ3) is 4.96. The summed E-state index contributed by atoms with van der Waals surface area (Å²) in [7, 11) is 0. The summed E-state index contributed by atoms with van der Waals surface area (Å²) in [6, 6.07) is 23.7. The smallest absolute Gasteiger partial charge is 0.0493 e. The molecule has 0 atom stereocenters. The molecule has 0 aliphatic heterocycles. The zero-order valence-corrected chi connectivity index (χ0v) is 15.3. The van der Waals surface area contributed by atoms with E-state index in [0.29, 0.717) is 0 Å². The first-order chi connectivity index (χ1) is 10.9. The van der Waals surface area contributed by atoms with Gasteiger partial charge >= 0.3 is 0 Å². The normalized spacial score (nSPS) is 9.39. The molecule has 5 heteroatoms. The van der Waals surface area contributed by atoms with Gasteiger partial charge in [0, 0.05) is 49.1 Å². The largest absolute Gasteiger partial charge is 0.293 e. The molecule has 23 heavy (non-hydrogen) atoms. The van der Waals surface area contributed by atoms with Crippen molar-refractivity contribution in [2.24, 2.45) is 0 Å². The Morgan fingerprint density at radius 1 is 0.913 bits per heavy atom. The van der Waals surface area contributed by atoms with E-state index in [9.17, 15) is 0 Å². The molecule has 4 aromatic rings. The van der Waals surface area contributed by atoms with Crippen LogP contribution in [0.5, 0.6) is 0 Å². The molecule has 0 saturated heterocycles. The summed E-state index contributed by atoms with van der Waals surface area (Å²) in [5.74, 6) is 0. The van der Waals surface area contributed by atoms with Gasteiger partial charge in [-0.05, 0) is 11.8 Å². The first kappa shape index (κ1) is 17.3. The van der Waals surface area contributed by atoms with E-state index in [1.165, 1.54) is 0 Å². The summed E-state index contributed by atoms with van der Waals surface area (Å²) < 4.78 is 1.78. The quantitative estimate of drug-likeness (QED) is 0.389. The SMILES string of the molecule is [Ir].[c-]1ccccc1-c1nccs1.[c-]1ccccc1-n1cccn1. The number of thiazole rings is 1. The number of benzene rings is 2. The molecule has 117 valence electrons. The van der Waals surface area contributed by atoms with Crippen LogP contribution >= 0.6 is 11.3 Å². The number of hydrogen-bond donors (Lipinski definition) is 0. The topological polar surface area (TPSA) is 30.7 Å². The van der Waals surface area contributed by atoms with Crippen LogP contribution in [0.3, 0.4) is 0 Å². The molecule has 2 aromatic heterocycles. The maximum Gasteiger partial charge on any atom is 0.0493 e. The van der Waals surface area contributed by atoms with Crippen LogP contribution in [-0.4, -0.2) is 14.8 Å². The Balaban J connectivity index is 0.000000160. The van der Waals surface area contributed by atoms with E-state index < -0.39 is 0 Å². The zero-order valence-electron chi connectivity index (χ0n) is 12.1. The Labute approximate surface area is 153 Å². The van der Waals surface area contributed by atoms with E-state index in [2.05, 4.69) is 22.2 Å². The molecular weight excluding hydrogens is 483 g/mol. The predicted molar refractivity (Wildman–Crippen MR) is 88.8 cm³/mol. The minimum atomic E-state index is 0. The van der Waals surface area contributed by atoms with Gasteiger partial charge in [-0.1, -0.05) is 0 Å². The van der Waals surface area contributed by atoms with Gasteiger partial charge in [0.15, 0.2) is 0 Å². The van der Waals surface area contributed by atoms with Crippen LogP contribution in [0.4, 0.5) is 0 Å². The van der Waals surface area contributed by atoms with E-state index in [0.717, 1.165) is 16.3 Å². The molecule has 2 aromatic carbocycles. The summed E-state index contributed by atoms with van der Waals surface area (Å²) in [5, 5.41) is 7.07. The molecule has 0 aliphatic rings. The van der Waals surface area contributed by atoms with Crippen molar-refractivity contribution < 1.29 is 20.1 Å². The van der Waals surface area contributed by atoms with Crippen molar-refractivity contribution in [3.8, 4) is 16.3 Å². The van der Waals surface area contributed by atoms with Crippen molar-refractivity contribution in [2.75, 3.05) is 0 Å². The van der Waals surface area contributed by atoms with Crippen LogP contribution in [-0.2, 0) is 20.1 Å². The molecule has 0 amide bonds. The summed E-state index contributed by atoms with van der Waals surface area (Å²) >= 11 is 1.63. The van der Waals surface area contributed by atoms with Crippen molar-refractivity contribution >= 4 is 11.3 Å². The Bertz CT molecular complexity index is 700. The van der Waals surface area contributed by atoms with E-state index in [-0.39, 0.29) is 20.1 Å². The van der Waals surface area contributed by atoms with Crippen molar-refractivity contribution in [3.63, 3.8) is 0 Å². The summed E-state index contributed by atoms with van der Waals surface area (Å²) in [5.41, 5.74) is 2.04. The summed E-state index contributed by atoms with van der Waals surface area (Å²) in [4.78, 5) is 4.17. The maximum absolute atomic E-state index is 4.17. The third-order valence-corrected chi connectivity index (χ3v) is 3.62. The average molecular weight is 496 g/mol. The van der Waals surface area contributed by atoms with E-state index in [4.69, 9.17) is 0 Å². The Hall–Kier alpha value is -2.07. The molecule has 0 fully saturated rings. The molecule has 0 N–H and O–H groups in total. The second-order valence-electron chi connectivity index (χ2n) is 4.31. The van der Waals surface area contributed by atoms with Crippen molar-refractivity contribution in [1.29, 1.82) is 0 Å². The van der Waals surface area contributed by atoms with Crippen molar-refractivity contribution in [3.05, 3.63) is 90.7 Å². The van der Waals surface area contributed by atoms with Gasteiger partial charge in [0.25, 0.3) is 0 Å². The Morgan fingerprint density at radius 2 is 1.74 bits per heavy atom. The number of aromatic nitrogens is 3. The van der Waals surface area contributed by atoms with Gasteiger partial charge in [-0.2, -0.15) is 40.7 Å². The fraction of sp³-hybridized carbons (Fsp3) is 0. The second-order valence-corrected chi connectivity index (χ2v) is 5.21. The average Bonchev–Trinajstić information content (AvgIpc) is 3.31. The number of hydrogen-bond acceptors (Lipinski definition) is 3. The Morgan fingerprint density at radius 3 is 2.30 bits per heavy atom. The maximum atomic E-state index is 4.17. The van der Waals surface area contributed by atoms with Crippen LogP contribution in [0, 0.1) is 12.1 Å². The minimum Gasteiger partial charge on any atom is -0.293 e. The first-order valence-corrected chi connectivity index (χ1v) is 7.65. The van der Waals surface area contributed by atoms with Gasteiger partial charge in [-0.3, -0.25) is 9.67 Å². The second kappa shape index (κ2) is 9.15. The van der Waals surface area contributed by atoms with Gasteiger partial charge in [0.05, 0.1) is 0 Å². The van der Waals surface area contributed by atoms with Gasteiger partial charge in [-0.15, -0.1) is 42.0 Å². The number of rotatable bonds is 2. The molecule has 4 rings (SSSR count). The van der Waals surface area contributed by atoms with E-state index >= 15 is 0 Å². The van der Waals surface area contributed by atoms with Gasteiger partial charge in [0.1, 0.15) is 0 Å². The van der Waals surface area contributed by atoms with Crippen LogP contribution < -0.4 is 0 Å². The van der Waals surface area contributed by atoms with Crippen molar-refractivity contribution in [2.45, 2.75) is 0 Å². The molecule has 0 unspecified atom stereocenters. The first-order valence-electron chi connectivity index (χ1n) is 6.77. The summed E-state index contributed by atoms with van der Waals surface area (Å²) in [6.45, 7) is 0. The molecule has 1 radical (unpaired) electrons. The third-order valence-electron chi connectivity index (χ3n) is 2.82. The van der Waals surface area contributed by atoms with Crippen LogP contribution in [0.25, 0.3) is 16.3 Å².